The molecule has 0 bridgehead atoms. The summed E-state index contributed by atoms with van der Waals surface area (Å²) < 4.78 is 6.59. The third kappa shape index (κ3) is 3.67. The lowest BCUT2D eigenvalue weighted by Crippen LogP contribution is -2.04. The van der Waals surface area contributed by atoms with Gasteiger partial charge in [0, 0.05) is 22.3 Å². The number of ether oxygens (including phenoxy) is 1. The number of nitrogens with one attached hydrogen (secondary N) is 1. The number of halogens is 2. The summed E-state index contributed by atoms with van der Waals surface area (Å²) >= 11 is 9.56. The molecule has 120 valence electrons. The van der Waals surface area contributed by atoms with Gasteiger partial charge in [0.25, 0.3) is 0 Å². The predicted molar refractivity (Wildman–Crippen MR) is 105 cm³/mol. The molecule has 0 atom stereocenters. The lowest BCUT2D eigenvalue weighted by atomic mass is 10.0. The van der Waals surface area contributed by atoms with Crippen LogP contribution in [0.1, 0.15) is 5.56 Å². The van der Waals surface area contributed by atoms with Crippen LogP contribution in [0.2, 0.25) is 5.02 Å². The summed E-state index contributed by atoms with van der Waals surface area (Å²) in [5, 5.41) is 6.37. The van der Waals surface area contributed by atoms with Crippen molar-refractivity contribution in [1.82, 2.24) is 0 Å². The van der Waals surface area contributed by atoms with Gasteiger partial charge >= 0.3 is 0 Å². The van der Waals surface area contributed by atoms with E-state index in [1.54, 1.807) is 0 Å². The standard InChI is InChI=1S/C20H15BrClNO/c1-2-11-24-20-10-7-14-5-3-4-6-16(14)17(20)13-23-15-8-9-18(21)19(22)12-15/h1,3-10,12,23H,11,13H2. The Morgan fingerprint density at radius 1 is 1.12 bits per heavy atom. The second-order valence-electron chi connectivity index (χ2n) is 5.24. The molecule has 2 nitrogen and oxygen atoms in total. The predicted octanol–water partition coefficient (Wildman–Crippen LogP) is 5.88. The maximum absolute atomic E-state index is 6.16. The van der Waals surface area contributed by atoms with Crippen LogP contribution in [0.5, 0.6) is 5.75 Å². The van der Waals surface area contributed by atoms with Crippen molar-refractivity contribution in [1.29, 1.82) is 0 Å². The van der Waals surface area contributed by atoms with Crippen molar-refractivity contribution in [3.63, 3.8) is 0 Å². The summed E-state index contributed by atoms with van der Waals surface area (Å²) in [6, 6.07) is 18.0. The first kappa shape index (κ1) is 16.7. The molecule has 1 N–H and O–H groups in total. The topological polar surface area (TPSA) is 21.3 Å². The van der Waals surface area contributed by atoms with Crippen molar-refractivity contribution in [3.05, 3.63) is 69.7 Å². The smallest absolute Gasteiger partial charge is 0.148 e. The molecule has 0 aromatic heterocycles. The van der Waals surface area contributed by atoms with Crippen LogP contribution < -0.4 is 10.1 Å². The second-order valence-corrected chi connectivity index (χ2v) is 6.50. The molecule has 0 aliphatic rings. The van der Waals surface area contributed by atoms with Gasteiger partial charge in [0.05, 0.1) is 5.02 Å². The fraction of sp³-hybridized carbons (Fsp3) is 0.100. The van der Waals surface area contributed by atoms with E-state index in [4.69, 9.17) is 22.8 Å². The van der Waals surface area contributed by atoms with Crippen LogP contribution in [0.3, 0.4) is 0 Å². The number of benzene rings is 3. The molecule has 0 amide bonds. The minimum atomic E-state index is 0.245. The van der Waals surface area contributed by atoms with Gasteiger partial charge < -0.3 is 10.1 Å². The quantitative estimate of drug-likeness (QED) is 0.540. The first-order valence-corrected chi connectivity index (χ1v) is 8.62. The highest BCUT2D eigenvalue weighted by molar-refractivity contribution is 9.10. The largest absolute Gasteiger partial charge is 0.481 e. The van der Waals surface area contributed by atoms with Gasteiger partial charge in [-0.15, -0.1) is 6.42 Å². The third-order valence-electron chi connectivity index (χ3n) is 3.70. The molecule has 3 aromatic rings. The average Bonchev–Trinajstić information content (AvgIpc) is 2.61. The van der Waals surface area contributed by atoms with Crippen LogP contribution >= 0.6 is 27.5 Å². The van der Waals surface area contributed by atoms with Crippen molar-refractivity contribution in [2.45, 2.75) is 6.54 Å². The van der Waals surface area contributed by atoms with Crippen LogP contribution in [-0.4, -0.2) is 6.61 Å². The molecule has 0 radical (unpaired) electrons. The van der Waals surface area contributed by atoms with Gasteiger partial charge in [0.2, 0.25) is 0 Å². The molecule has 4 heteroatoms. The van der Waals surface area contributed by atoms with E-state index in [9.17, 15) is 0 Å². The highest BCUT2D eigenvalue weighted by Crippen LogP contribution is 2.30. The Morgan fingerprint density at radius 3 is 2.75 bits per heavy atom. The van der Waals surface area contributed by atoms with Crippen LogP contribution in [0, 0.1) is 12.3 Å². The Balaban J connectivity index is 1.93. The number of hydrogen-bond acceptors (Lipinski definition) is 2. The Labute approximate surface area is 154 Å². The molecule has 0 aliphatic carbocycles. The van der Waals surface area contributed by atoms with Gasteiger partial charge in [0.1, 0.15) is 12.4 Å². The molecule has 0 aliphatic heterocycles. The molecule has 3 aromatic carbocycles. The highest BCUT2D eigenvalue weighted by atomic mass is 79.9. The van der Waals surface area contributed by atoms with Crippen molar-refractivity contribution in [3.8, 4) is 18.1 Å². The Hall–Kier alpha value is -2.15. The van der Waals surface area contributed by atoms with Gasteiger partial charge in [0.15, 0.2) is 0 Å². The normalized spacial score (nSPS) is 10.4. The van der Waals surface area contributed by atoms with Crippen molar-refractivity contribution >= 4 is 44.0 Å². The summed E-state index contributed by atoms with van der Waals surface area (Å²) in [4.78, 5) is 0. The van der Waals surface area contributed by atoms with Gasteiger partial charge in [-0.1, -0.05) is 47.9 Å². The average molecular weight is 401 g/mol. The van der Waals surface area contributed by atoms with Gasteiger partial charge in [-0.2, -0.15) is 0 Å². The fourth-order valence-corrected chi connectivity index (χ4v) is 2.98. The van der Waals surface area contributed by atoms with Crippen LogP contribution in [-0.2, 0) is 6.54 Å². The van der Waals surface area contributed by atoms with E-state index < -0.39 is 0 Å². The highest BCUT2D eigenvalue weighted by Gasteiger charge is 2.09. The summed E-state index contributed by atoms with van der Waals surface area (Å²) in [6.07, 6.45) is 5.33. The molecule has 24 heavy (non-hydrogen) atoms. The molecular weight excluding hydrogens is 386 g/mol. The second kappa shape index (κ2) is 7.61. The summed E-state index contributed by atoms with van der Waals surface area (Å²) in [5.41, 5.74) is 2.02. The van der Waals surface area contributed by atoms with Gasteiger partial charge in [-0.05, 0) is 51.0 Å². The zero-order valence-electron chi connectivity index (χ0n) is 12.9. The van der Waals surface area contributed by atoms with E-state index in [1.807, 2.05) is 42.5 Å². The zero-order chi connectivity index (χ0) is 16.9. The van der Waals surface area contributed by atoms with E-state index in [0.717, 1.165) is 32.2 Å². The lowest BCUT2D eigenvalue weighted by molar-refractivity contribution is 0.367. The number of fused-ring (bicyclic) bond motifs is 1. The van der Waals surface area contributed by atoms with E-state index in [0.29, 0.717) is 11.6 Å². The molecule has 3 rings (SSSR count). The SMILES string of the molecule is C#CCOc1ccc2ccccc2c1CNc1ccc(Br)c(Cl)c1. The molecule has 0 unspecified atom stereocenters. The van der Waals surface area contributed by atoms with E-state index in [-0.39, 0.29) is 6.61 Å². The van der Waals surface area contributed by atoms with Crippen LogP contribution in [0.25, 0.3) is 10.8 Å². The minimum absolute atomic E-state index is 0.245. The first-order chi connectivity index (χ1) is 11.7. The Kier molecular flexibility index (Phi) is 5.30. The maximum atomic E-state index is 6.16. The number of terminal acetylenes is 1. The van der Waals surface area contributed by atoms with Crippen LogP contribution in [0.15, 0.2) is 59.1 Å². The van der Waals surface area contributed by atoms with E-state index >= 15 is 0 Å². The Bertz CT molecular complexity index is 917. The van der Waals surface area contributed by atoms with Crippen LogP contribution in [0.4, 0.5) is 5.69 Å². The summed E-state index contributed by atoms with van der Waals surface area (Å²) in [7, 11) is 0. The monoisotopic (exact) mass is 399 g/mol. The van der Waals surface area contributed by atoms with E-state index in [2.05, 4.69) is 39.3 Å². The minimum Gasteiger partial charge on any atom is -0.481 e. The molecule has 0 spiro atoms. The lowest BCUT2D eigenvalue weighted by Gasteiger charge is -2.15. The Morgan fingerprint density at radius 2 is 1.96 bits per heavy atom. The van der Waals surface area contributed by atoms with Crippen molar-refractivity contribution in [2.75, 3.05) is 11.9 Å². The summed E-state index contributed by atoms with van der Waals surface area (Å²) in [6.45, 7) is 0.856. The number of anilines is 1. The van der Waals surface area contributed by atoms with Gasteiger partial charge in [-0.25, -0.2) is 0 Å². The molecule has 0 saturated heterocycles. The van der Waals surface area contributed by atoms with Gasteiger partial charge in [-0.3, -0.25) is 0 Å². The maximum Gasteiger partial charge on any atom is 0.148 e. The fourth-order valence-electron chi connectivity index (χ4n) is 2.55. The number of hydrogen-bond donors (Lipinski definition) is 1. The molecule has 0 saturated carbocycles. The van der Waals surface area contributed by atoms with E-state index in [1.165, 1.54) is 0 Å². The summed E-state index contributed by atoms with van der Waals surface area (Å²) in [5.74, 6) is 3.31. The zero-order valence-corrected chi connectivity index (χ0v) is 15.2. The first-order valence-electron chi connectivity index (χ1n) is 7.45. The van der Waals surface area contributed by atoms with Crippen molar-refractivity contribution < 1.29 is 4.74 Å². The molecule has 0 fully saturated rings. The molecular formula is C20H15BrClNO. The third-order valence-corrected chi connectivity index (χ3v) is 4.93. The number of rotatable bonds is 5. The van der Waals surface area contributed by atoms with Crippen molar-refractivity contribution in [2.24, 2.45) is 0 Å². The molecule has 0 heterocycles.